The number of hydrogen-bond donors (Lipinski definition) is 0. The molecule has 0 N–H and O–H groups in total. The SMILES string of the molecule is CCOC(=O)C(CC)S(=O)(=O)c1ccccc1Cl. The maximum atomic E-state index is 12.3. The molecular formula is C12H15ClO4S. The van der Waals surface area contributed by atoms with Crippen LogP contribution < -0.4 is 0 Å². The molecule has 0 heterocycles. The van der Waals surface area contributed by atoms with Crippen molar-refractivity contribution >= 4 is 27.4 Å². The van der Waals surface area contributed by atoms with Crippen LogP contribution in [-0.4, -0.2) is 26.2 Å². The van der Waals surface area contributed by atoms with Gasteiger partial charge in [-0.3, -0.25) is 4.79 Å². The van der Waals surface area contributed by atoms with Gasteiger partial charge in [-0.25, -0.2) is 8.42 Å². The Kier molecular flexibility index (Phi) is 5.16. The Morgan fingerprint density at radius 1 is 1.33 bits per heavy atom. The minimum atomic E-state index is -3.81. The Labute approximate surface area is 112 Å². The first-order valence-electron chi connectivity index (χ1n) is 5.60. The zero-order valence-corrected chi connectivity index (χ0v) is 11.8. The van der Waals surface area contributed by atoms with Gasteiger partial charge in [-0.2, -0.15) is 0 Å². The van der Waals surface area contributed by atoms with E-state index in [1.165, 1.54) is 12.1 Å². The summed E-state index contributed by atoms with van der Waals surface area (Å²) < 4.78 is 29.4. The normalized spacial score (nSPS) is 13.1. The van der Waals surface area contributed by atoms with Crippen molar-refractivity contribution in [3.05, 3.63) is 29.3 Å². The molecule has 1 rings (SSSR count). The van der Waals surface area contributed by atoms with Crippen molar-refractivity contribution < 1.29 is 17.9 Å². The first kappa shape index (κ1) is 15.0. The lowest BCUT2D eigenvalue weighted by Crippen LogP contribution is -2.31. The van der Waals surface area contributed by atoms with E-state index < -0.39 is 21.1 Å². The van der Waals surface area contributed by atoms with Crippen molar-refractivity contribution in [2.45, 2.75) is 30.4 Å². The molecule has 0 bridgehead atoms. The number of carbonyl (C=O) groups is 1. The van der Waals surface area contributed by atoms with E-state index in [-0.39, 0.29) is 22.9 Å². The van der Waals surface area contributed by atoms with Crippen molar-refractivity contribution in [1.82, 2.24) is 0 Å². The minimum Gasteiger partial charge on any atom is -0.465 e. The largest absolute Gasteiger partial charge is 0.465 e. The molecule has 100 valence electrons. The quantitative estimate of drug-likeness (QED) is 0.782. The van der Waals surface area contributed by atoms with E-state index in [2.05, 4.69) is 0 Å². The molecule has 0 aliphatic heterocycles. The van der Waals surface area contributed by atoms with E-state index in [1.54, 1.807) is 26.0 Å². The molecule has 1 aromatic carbocycles. The number of carbonyl (C=O) groups excluding carboxylic acids is 1. The first-order valence-corrected chi connectivity index (χ1v) is 7.52. The van der Waals surface area contributed by atoms with Gasteiger partial charge in [0.05, 0.1) is 16.5 Å². The van der Waals surface area contributed by atoms with E-state index >= 15 is 0 Å². The molecule has 6 heteroatoms. The van der Waals surface area contributed by atoms with E-state index in [0.29, 0.717) is 0 Å². The van der Waals surface area contributed by atoms with Gasteiger partial charge in [-0.1, -0.05) is 30.7 Å². The summed E-state index contributed by atoms with van der Waals surface area (Å²) in [5.41, 5.74) is 0. The molecule has 4 nitrogen and oxygen atoms in total. The van der Waals surface area contributed by atoms with Crippen molar-refractivity contribution in [2.75, 3.05) is 6.61 Å². The Balaban J connectivity index is 3.20. The number of benzene rings is 1. The maximum Gasteiger partial charge on any atom is 0.324 e. The van der Waals surface area contributed by atoms with Crippen LogP contribution in [0.5, 0.6) is 0 Å². The number of sulfone groups is 1. The highest BCUT2D eigenvalue weighted by Gasteiger charge is 2.34. The zero-order chi connectivity index (χ0) is 13.8. The third-order valence-electron chi connectivity index (χ3n) is 2.44. The van der Waals surface area contributed by atoms with Gasteiger partial charge < -0.3 is 4.74 Å². The summed E-state index contributed by atoms with van der Waals surface area (Å²) in [6.07, 6.45) is 0.145. The smallest absolute Gasteiger partial charge is 0.324 e. The number of rotatable bonds is 5. The number of halogens is 1. The average Bonchev–Trinajstić information content (AvgIpc) is 2.30. The number of hydrogen-bond acceptors (Lipinski definition) is 4. The van der Waals surface area contributed by atoms with E-state index in [9.17, 15) is 13.2 Å². The molecule has 1 aromatic rings. The van der Waals surface area contributed by atoms with Crippen LogP contribution in [0, 0.1) is 0 Å². The third kappa shape index (κ3) is 3.03. The summed E-state index contributed by atoms with van der Waals surface area (Å²) >= 11 is 5.86. The Bertz CT molecular complexity index is 525. The molecule has 0 spiro atoms. The predicted octanol–water partition coefficient (Wildman–Crippen LogP) is 2.46. The highest BCUT2D eigenvalue weighted by Crippen LogP contribution is 2.26. The van der Waals surface area contributed by atoms with Gasteiger partial charge in [-0.05, 0) is 25.5 Å². The van der Waals surface area contributed by atoms with Crippen molar-refractivity contribution in [3.8, 4) is 0 Å². The van der Waals surface area contributed by atoms with Crippen molar-refractivity contribution in [2.24, 2.45) is 0 Å². The van der Waals surface area contributed by atoms with Crippen LogP contribution in [0.3, 0.4) is 0 Å². The molecule has 0 amide bonds. The Morgan fingerprint density at radius 3 is 2.44 bits per heavy atom. The highest BCUT2D eigenvalue weighted by atomic mass is 35.5. The van der Waals surface area contributed by atoms with Gasteiger partial charge in [0.2, 0.25) is 0 Å². The molecule has 0 saturated carbocycles. The van der Waals surface area contributed by atoms with Gasteiger partial charge in [0.1, 0.15) is 0 Å². The molecule has 0 aromatic heterocycles. The van der Waals surface area contributed by atoms with Crippen LogP contribution in [0.15, 0.2) is 29.2 Å². The van der Waals surface area contributed by atoms with Gasteiger partial charge in [0.25, 0.3) is 0 Å². The number of ether oxygens (including phenoxy) is 1. The van der Waals surface area contributed by atoms with Crippen molar-refractivity contribution in [3.63, 3.8) is 0 Å². The minimum absolute atomic E-state index is 0.0356. The monoisotopic (exact) mass is 290 g/mol. The highest BCUT2D eigenvalue weighted by molar-refractivity contribution is 7.93. The summed E-state index contributed by atoms with van der Waals surface area (Å²) in [7, 11) is -3.81. The molecule has 1 atom stereocenters. The predicted molar refractivity (Wildman–Crippen MR) is 69.3 cm³/mol. The third-order valence-corrected chi connectivity index (χ3v) is 5.12. The van der Waals surface area contributed by atoms with Crippen LogP contribution in [0.4, 0.5) is 0 Å². The molecule has 0 radical (unpaired) electrons. The molecule has 0 saturated heterocycles. The average molecular weight is 291 g/mol. The molecule has 0 aliphatic rings. The molecule has 0 aliphatic carbocycles. The first-order chi connectivity index (χ1) is 8.45. The summed E-state index contributed by atoms with van der Waals surface area (Å²) in [6.45, 7) is 3.40. The molecular weight excluding hydrogens is 276 g/mol. The van der Waals surface area contributed by atoms with E-state index in [4.69, 9.17) is 16.3 Å². The Hall–Kier alpha value is -1.07. The molecule has 1 unspecified atom stereocenters. The molecule has 0 fully saturated rings. The second-order valence-electron chi connectivity index (χ2n) is 3.62. The van der Waals surface area contributed by atoms with Crippen molar-refractivity contribution in [1.29, 1.82) is 0 Å². The summed E-state index contributed by atoms with van der Waals surface area (Å²) in [4.78, 5) is 11.6. The fourth-order valence-electron chi connectivity index (χ4n) is 1.58. The lowest BCUT2D eigenvalue weighted by Gasteiger charge is -2.15. The van der Waals surface area contributed by atoms with Crippen LogP contribution in [0.1, 0.15) is 20.3 Å². The van der Waals surface area contributed by atoms with Crippen LogP contribution in [0.2, 0.25) is 5.02 Å². The van der Waals surface area contributed by atoms with Gasteiger partial charge >= 0.3 is 5.97 Å². The van der Waals surface area contributed by atoms with Crippen LogP contribution in [0.25, 0.3) is 0 Å². The van der Waals surface area contributed by atoms with E-state index in [0.717, 1.165) is 0 Å². The van der Waals surface area contributed by atoms with E-state index in [1.807, 2.05) is 0 Å². The second kappa shape index (κ2) is 6.20. The summed E-state index contributed by atoms with van der Waals surface area (Å²) in [5, 5.41) is -1.10. The topological polar surface area (TPSA) is 60.4 Å². The standard InChI is InChI=1S/C12H15ClO4S/c1-3-10(12(14)17-4-2)18(15,16)11-8-6-5-7-9(11)13/h5-8,10H,3-4H2,1-2H3. The zero-order valence-electron chi connectivity index (χ0n) is 10.2. The van der Waals surface area contributed by atoms with Crippen LogP contribution in [-0.2, 0) is 19.4 Å². The fourth-order valence-corrected chi connectivity index (χ4v) is 3.71. The van der Waals surface area contributed by atoms with Gasteiger partial charge in [-0.15, -0.1) is 0 Å². The Morgan fingerprint density at radius 2 is 1.94 bits per heavy atom. The van der Waals surface area contributed by atoms with Gasteiger partial charge in [0, 0.05) is 0 Å². The van der Waals surface area contributed by atoms with Crippen LogP contribution >= 0.6 is 11.6 Å². The number of esters is 1. The second-order valence-corrected chi connectivity index (χ2v) is 6.13. The fraction of sp³-hybridized carbons (Fsp3) is 0.417. The summed E-state index contributed by atoms with van der Waals surface area (Å²) in [6, 6.07) is 6.06. The lowest BCUT2D eigenvalue weighted by molar-refractivity contribution is -0.142. The molecule has 18 heavy (non-hydrogen) atoms. The maximum absolute atomic E-state index is 12.3. The lowest BCUT2D eigenvalue weighted by atomic mass is 10.3. The summed E-state index contributed by atoms with van der Waals surface area (Å²) in [5.74, 6) is -0.736. The van der Waals surface area contributed by atoms with Gasteiger partial charge in [0.15, 0.2) is 15.1 Å².